The number of aliphatic imine (C=N–C) groups is 1. The van der Waals surface area contributed by atoms with Crippen LogP contribution in [-0.4, -0.2) is 22.8 Å². The molecule has 4 rings (SSSR count). The zero-order valence-electron chi connectivity index (χ0n) is 8.85. The average Bonchev–Trinajstić information content (AvgIpc) is 2.12. The van der Waals surface area contributed by atoms with Crippen molar-refractivity contribution < 1.29 is 9.90 Å². The summed E-state index contributed by atoms with van der Waals surface area (Å²) in [7, 11) is 0. The molecular formula is C12H17NO2. The third-order valence-electron chi connectivity index (χ3n) is 4.45. The Bertz CT molecular complexity index is 286. The smallest absolute Gasteiger partial charge is 0.346 e. The molecular weight excluding hydrogens is 190 g/mol. The molecule has 4 saturated carbocycles. The molecule has 0 aliphatic heterocycles. The van der Waals surface area contributed by atoms with Gasteiger partial charge in [0.05, 0.1) is 5.54 Å². The first kappa shape index (κ1) is 9.37. The molecule has 15 heavy (non-hydrogen) atoms. The minimum atomic E-state index is -0.897. The van der Waals surface area contributed by atoms with E-state index >= 15 is 0 Å². The predicted octanol–water partition coefficient (Wildman–Crippen LogP) is 2.11. The summed E-state index contributed by atoms with van der Waals surface area (Å²) in [6.45, 7) is 0. The Labute approximate surface area is 89.6 Å². The Hall–Kier alpha value is -0.860. The zero-order valence-corrected chi connectivity index (χ0v) is 8.85. The molecule has 1 N–H and O–H groups in total. The highest BCUT2D eigenvalue weighted by molar-refractivity contribution is 6.22. The normalized spacial score (nSPS) is 47.6. The van der Waals surface area contributed by atoms with E-state index in [1.807, 2.05) is 0 Å². The number of carboxylic acid groups (broad SMARTS) is 1. The second-order valence-corrected chi connectivity index (χ2v) is 5.74. The van der Waals surface area contributed by atoms with Gasteiger partial charge in [-0.2, -0.15) is 0 Å². The molecule has 0 aromatic rings. The number of carbonyl (C=O) groups is 1. The topological polar surface area (TPSA) is 49.7 Å². The molecule has 0 heterocycles. The van der Waals surface area contributed by atoms with Crippen LogP contribution in [0, 0.1) is 17.8 Å². The molecule has 82 valence electrons. The number of hydrogen-bond donors (Lipinski definition) is 1. The summed E-state index contributed by atoms with van der Waals surface area (Å²) in [4.78, 5) is 14.9. The molecule has 3 nitrogen and oxygen atoms in total. The van der Waals surface area contributed by atoms with E-state index in [-0.39, 0.29) is 5.54 Å². The molecule has 0 atom stereocenters. The Morgan fingerprint density at radius 1 is 1.13 bits per heavy atom. The van der Waals surface area contributed by atoms with Gasteiger partial charge in [0, 0.05) is 0 Å². The van der Waals surface area contributed by atoms with Crippen molar-refractivity contribution >= 4 is 12.2 Å². The second kappa shape index (κ2) is 3.06. The van der Waals surface area contributed by atoms with Crippen LogP contribution in [-0.2, 0) is 4.79 Å². The summed E-state index contributed by atoms with van der Waals surface area (Å²) in [6, 6.07) is 0. The van der Waals surface area contributed by atoms with Gasteiger partial charge < -0.3 is 5.11 Å². The number of nitrogens with zero attached hydrogens (tertiary/aromatic N) is 1. The summed E-state index contributed by atoms with van der Waals surface area (Å²) in [5.41, 5.74) is 0.0210. The molecule has 0 spiro atoms. The van der Waals surface area contributed by atoms with Crippen LogP contribution in [0.3, 0.4) is 0 Å². The quantitative estimate of drug-likeness (QED) is 0.705. The van der Waals surface area contributed by atoms with Gasteiger partial charge in [0.15, 0.2) is 0 Å². The van der Waals surface area contributed by atoms with Gasteiger partial charge in [-0.15, -0.1) is 0 Å². The molecule has 0 radical (unpaired) electrons. The molecule has 4 fully saturated rings. The van der Waals surface area contributed by atoms with Crippen molar-refractivity contribution in [2.24, 2.45) is 22.7 Å². The minimum absolute atomic E-state index is 0.0210. The highest BCUT2D eigenvalue weighted by atomic mass is 16.4. The summed E-state index contributed by atoms with van der Waals surface area (Å²) in [5.74, 6) is 1.61. The van der Waals surface area contributed by atoms with Crippen molar-refractivity contribution in [3.05, 3.63) is 0 Å². The summed E-state index contributed by atoms with van der Waals surface area (Å²) >= 11 is 0. The Balaban J connectivity index is 1.84. The Kier molecular flexibility index (Phi) is 1.91. The van der Waals surface area contributed by atoms with E-state index in [1.54, 1.807) is 0 Å². The van der Waals surface area contributed by atoms with Crippen LogP contribution >= 0.6 is 0 Å². The number of hydrogen-bond acceptors (Lipinski definition) is 2. The lowest BCUT2D eigenvalue weighted by atomic mass is 9.53. The van der Waals surface area contributed by atoms with Crippen LogP contribution in [0.15, 0.2) is 4.99 Å². The van der Waals surface area contributed by atoms with E-state index in [9.17, 15) is 4.79 Å². The van der Waals surface area contributed by atoms with Crippen molar-refractivity contribution in [1.82, 2.24) is 0 Å². The van der Waals surface area contributed by atoms with Gasteiger partial charge in [0.1, 0.15) is 6.21 Å². The van der Waals surface area contributed by atoms with Crippen LogP contribution in [0.25, 0.3) is 0 Å². The monoisotopic (exact) mass is 207 g/mol. The fourth-order valence-electron chi connectivity index (χ4n) is 4.42. The van der Waals surface area contributed by atoms with Gasteiger partial charge in [-0.25, -0.2) is 4.79 Å². The second-order valence-electron chi connectivity index (χ2n) is 5.74. The maximum Gasteiger partial charge on any atom is 0.346 e. The number of carboxylic acids is 1. The average molecular weight is 207 g/mol. The summed E-state index contributed by atoms with van der Waals surface area (Å²) < 4.78 is 0. The number of rotatable bonds is 2. The van der Waals surface area contributed by atoms with Crippen molar-refractivity contribution in [2.45, 2.75) is 44.1 Å². The van der Waals surface area contributed by atoms with Crippen LogP contribution in [0.4, 0.5) is 0 Å². The van der Waals surface area contributed by atoms with Gasteiger partial charge in [-0.05, 0) is 56.3 Å². The third kappa shape index (κ3) is 1.58. The van der Waals surface area contributed by atoms with Crippen LogP contribution in [0.1, 0.15) is 38.5 Å². The van der Waals surface area contributed by atoms with Crippen molar-refractivity contribution in [3.8, 4) is 0 Å². The van der Waals surface area contributed by atoms with E-state index in [1.165, 1.54) is 19.3 Å². The van der Waals surface area contributed by atoms with Gasteiger partial charge in [0.2, 0.25) is 0 Å². The maximum absolute atomic E-state index is 10.5. The lowest BCUT2D eigenvalue weighted by molar-refractivity contribution is -0.129. The molecule has 3 heteroatoms. The fourth-order valence-corrected chi connectivity index (χ4v) is 4.42. The molecule has 0 aromatic heterocycles. The first-order valence-corrected chi connectivity index (χ1v) is 5.93. The standard InChI is InChI=1S/C12H17NO2/c14-11(15)7-13-12-4-8-1-9(5-12)3-10(2-8)6-12/h7-10H,1-6H2,(H,14,15). The fraction of sp³-hybridized carbons (Fsp3) is 0.833. The molecule has 0 unspecified atom stereocenters. The molecule has 0 aromatic carbocycles. The lowest BCUT2D eigenvalue weighted by Gasteiger charge is -2.54. The first-order valence-electron chi connectivity index (χ1n) is 5.93. The lowest BCUT2D eigenvalue weighted by Crippen LogP contribution is -2.49. The van der Waals surface area contributed by atoms with E-state index in [0.29, 0.717) is 0 Å². The van der Waals surface area contributed by atoms with Crippen LogP contribution in [0.2, 0.25) is 0 Å². The van der Waals surface area contributed by atoms with E-state index in [0.717, 1.165) is 43.2 Å². The summed E-state index contributed by atoms with van der Waals surface area (Å²) in [6.07, 6.45) is 8.69. The first-order chi connectivity index (χ1) is 7.15. The number of aliphatic carboxylic acids is 1. The van der Waals surface area contributed by atoms with Crippen molar-refractivity contribution in [3.63, 3.8) is 0 Å². The zero-order chi connectivity index (χ0) is 10.5. The van der Waals surface area contributed by atoms with Gasteiger partial charge in [0.25, 0.3) is 0 Å². The molecule has 0 saturated heterocycles. The minimum Gasteiger partial charge on any atom is -0.477 e. The van der Waals surface area contributed by atoms with E-state index < -0.39 is 5.97 Å². The molecule has 4 aliphatic carbocycles. The molecule has 4 aliphatic rings. The van der Waals surface area contributed by atoms with Gasteiger partial charge in [-0.1, -0.05) is 0 Å². The summed E-state index contributed by atoms with van der Waals surface area (Å²) in [5, 5.41) is 8.67. The van der Waals surface area contributed by atoms with Gasteiger partial charge >= 0.3 is 5.97 Å². The predicted molar refractivity (Wildman–Crippen MR) is 57.0 cm³/mol. The molecule has 0 amide bonds. The molecule has 4 bridgehead atoms. The van der Waals surface area contributed by atoms with E-state index in [2.05, 4.69) is 4.99 Å². The van der Waals surface area contributed by atoms with E-state index in [4.69, 9.17) is 5.11 Å². The largest absolute Gasteiger partial charge is 0.477 e. The Morgan fingerprint density at radius 3 is 2.00 bits per heavy atom. The van der Waals surface area contributed by atoms with Crippen molar-refractivity contribution in [2.75, 3.05) is 0 Å². The van der Waals surface area contributed by atoms with Crippen LogP contribution in [0.5, 0.6) is 0 Å². The Morgan fingerprint density at radius 2 is 1.60 bits per heavy atom. The SMILES string of the molecule is O=C(O)C=NC12CC3CC(CC(C3)C1)C2. The van der Waals surface area contributed by atoms with Gasteiger partial charge in [-0.3, -0.25) is 4.99 Å². The third-order valence-corrected chi connectivity index (χ3v) is 4.45. The highest BCUT2D eigenvalue weighted by Gasteiger charge is 2.50. The van der Waals surface area contributed by atoms with Crippen LogP contribution < -0.4 is 0 Å². The maximum atomic E-state index is 10.5. The van der Waals surface area contributed by atoms with Crippen molar-refractivity contribution in [1.29, 1.82) is 0 Å². The highest BCUT2D eigenvalue weighted by Crippen LogP contribution is 2.57.